The molecule has 0 rings (SSSR count). The molecule has 0 aliphatic heterocycles. The highest BCUT2D eigenvalue weighted by Crippen LogP contribution is 2.06. The summed E-state index contributed by atoms with van der Waals surface area (Å²) in [6.07, 6.45) is 3.76. The van der Waals surface area contributed by atoms with Gasteiger partial charge >= 0.3 is 5.97 Å². The number of ether oxygens (including phenoxy) is 1. The molecule has 2 atom stereocenters. The molecule has 3 nitrogen and oxygen atoms in total. The smallest absolute Gasteiger partial charge is 0.311 e. The number of carbonyl (C=O) groups excluding carboxylic acids is 1. The van der Waals surface area contributed by atoms with Gasteiger partial charge in [0.1, 0.15) is 0 Å². The van der Waals surface area contributed by atoms with Gasteiger partial charge in [-0.2, -0.15) is 0 Å². The summed E-state index contributed by atoms with van der Waals surface area (Å²) in [7, 11) is 0. The van der Waals surface area contributed by atoms with E-state index in [1.807, 2.05) is 0 Å². The second-order valence-corrected chi connectivity index (χ2v) is 3.76. The molecule has 0 bridgehead atoms. The van der Waals surface area contributed by atoms with Crippen LogP contribution < -0.4 is 0 Å². The Morgan fingerprint density at radius 3 is 2.43 bits per heavy atom. The van der Waals surface area contributed by atoms with Crippen molar-refractivity contribution in [2.24, 2.45) is 5.92 Å². The third kappa shape index (κ3) is 5.97. The summed E-state index contributed by atoms with van der Waals surface area (Å²) in [5, 5.41) is 9.13. The van der Waals surface area contributed by atoms with Gasteiger partial charge in [0, 0.05) is 0 Å². The van der Waals surface area contributed by atoms with Crippen LogP contribution in [0.25, 0.3) is 0 Å². The van der Waals surface area contributed by atoms with Gasteiger partial charge in [-0.25, -0.2) is 0 Å². The Morgan fingerprint density at radius 1 is 1.29 bits per heavy atom. The van der Waals surface area contributed by atoms with Gasteiger partial charge < -0.3 is 9.84 Å². The second-order valence-electron chi connectivity index (χ2n) is 3.76. The summed E-state index contributed by atoms with van der Waals surface area (Å²) in [5.74, 6) is -0.710. The van der Waals surface area contributed by atoms with Gasteiger partial charge in [-0.1, -0.05) is 26.2 Å². The normalized spacial score (nSPS) is 14.9. The molecule has 0 amide bonds. The molecular weight excluding hydrogens is 180 g/mol. The molecule has 14 heavy (non-hydrogen) atoms. The second kappa shape index (κ2) is 7.80. The molecule has 0 saturated carbocycles. The molecule has 0 aliphatic carbocycles. The van der Waals surface area contributed by atoms with Crippen molar-refractivity contribution in [1.29, 1.82) is 0 Å². The summed E-state index contributed by atoms with van der Waals surface area (Å²) in [6, 6.07) is 0. The Balaban J connectivity index is 3.44. The van der Waals surface area contributed by atoms with Crippen LogP contribution in [0.3, 0.4) is 0 Å². The van der Waals surface area contributed by atoms with Crippen LogP contribution >= 0.6 is 0 Å². The maximum atomic E-state index is 11.2. The predicted molar refractivity (Wildman–Crippen MR) is 55.9 cm³/mol. The van der Waals surface area contributed by atoms with E-state index in [4.69, 9.17) is 9.84 Å². The highest BCUT2D eigenvalue weighted by Gasteiger charge is 2.18. The highest BCUT2D eigenvalue weighted by molar-refractivity contribution is 5.72. The number of unbranched alkanes of at least 4 members (excludes halogenated alkanes) is 3. The van der Waals surface area contributed by atoms with Crippen LogP contribution in [0.5, 0.6) is 0 Å². The summed E-state index contributed by atoms with van der Waals surface area (Å²) in [6.45, 7) is 5.90. The fourth-order valence-electron chi connectivity index (χ4n) is 1.03. The minimum Gasteiger partial charge on any atom is -0.465 e. The van der Waals surface area contributed by atoms with Crippen molar-refractivity contribution in [3.05, 3.63) is 0 Å². The Hall–Kier alpha value is -0.570. The van der Waals surface area contributed by atoms with Crippen LogP contribution in [0, 0.1) is 5.92 Å². The first-order chi connectivity index (χ1) is 6.59. The van der Waals surface area contributed by atoms with E-state index in [9.17, 15) is 4.79 Å². The molecule has 0 spiro atoms. The highest BCUT2D eigenvalue weighted by atomic mass is 16.5. The van der Waals surface area contributed by atoms with Crippen LogP contribution in [0.2, 0.25) is 0 Å². The third-order valence-electron chi connectivity index (χ3n) is 2.34. The van der Waals surface area contributed by atoms with Crippen LogP contribution in [-0.2, 0) is 9.53 Å². The predicted octanol–water partition coefficient (Wildman–Crippen LogP) is 2.13. The molecule has 0 fully saturated rings. The lowest BCUT2D eigenvalue weighted by Crippen LogP contribution is -2.25. The number of carbonyl (C=O) groups is 1. The standard InChI is InChI=1S/C11H22O3/c1-4-5-6-7-8-14-11(13)9(2)10(3)12/h9-10,12H,4-8H2,1-3H3/t9-,10-/m1/s1. The van der Waals surface area contributed by atoms with E-state index >= 15 is 0 Å². The lowest BCUT2D eigenvalue weighted by atomic mass is 10.1. The van der Waals surface area contributed by atoms with Crippen molar-refractivity contribution >= 4 is 5.97 Å². The van der Waals surface area contributed by atoms with Crippen molar-refractivity contribution in [3.8, 4) is 0 Å². The maximum Gasteiger partial charge on any atom is 0.311 e. The van der Waals surface area contributed by atoms with E-state index in [2.05, 4.69) is 6.92 Å². The molecule has 0 saturated heterocycles. The third-order valence-corrected chi connectivity index (χ3v) is 2.34. The first-order valence-electron chi connectivity index (χ1n) is 5.44. The van der Waals surface area contributed by atoms with Crippen molar-refractivity contribution in [2.75, 3.05) is 6.61 Å². The van der Waals surface area contributed by atoms with E-state index in [1.165, 1.54) is 12.8 Å². The van der Waals surface area contributed by atoms with Crippen molar-refractivity contribution in [3.63, 3.8) is 0 Å². The van der Waals surface area contributed by atoms with Crippen LogP contribution in [-0.4, -0.2) is 23.8 Å². The zero-order chi connectivity index (χ0) is 11.0. The lowest BCUT2D eigenvalue weighted by Gasteiger charge is -2.13. The molecular formula is C11H22O3. The largest absolute Gasteiger partial charge is 0.465 e. The van der Waals surface area contributed by atoms with Crippen molar-refractivity contribution in [1.82, 2.24) is 0 Å². The van der Waals surface area contributed by atoms with E-state index < -0.39 is 12.0 Å². The van der Waals surface area contributed by atoms with E-state index in [1.54, 1.807) is 13.8 Å². The lowest BCUT2D eigenvalue weighted by molar-refractivity contribution is -0.151. The Kier molecular flexibility index (Phi) is 7.48. The number of esters is 1. The Labute approximate surface area is 86.5 Å². The van der Waals surface area contributed by atoms with Gasteiger partial charge in [-0.15, -0.1) is 0 Å². The first-order valence-corrected chi connectivity index (χ1v) is 5.44. The molecule has 1 N–H and O–H groups in total. The Bertz CT molecular complexity index is 155. The minimum absolute atomic E-state index is 0.295. The average Bonchev–Trinajstić information content (AvgIpc) is 2.16. The van der Waals surface area contributed by atoms with Crippen molar-refractivity contribution < 1.29 is 14.6 Å². The Morgan fingerprint density at radius 2 is 1.93 bits per heavy atom. The maximum absolute atomic E-state index is 11.2. The molecule has 0 aromatic carbocycles. The van der Waals surface area contributed by atoms with E-state index in [0.717, 1.165) is 12.8 Å². The number of aliphatic hydroxyl groups is 1. The van der Waals surface area contributed by atoms with Gasteiger partial charge in [0.25, 0.3) is 0 Å². The van der Waals surface area contributed by atoms with E-state index in [-0.39, 0.29) is 5.97 Å². The zero-order valence-electron chi connectivity index (χ0n) is 9.45. The van der Waals surface area contributed by atoms with Crippen LogP contribution in [0.1, 0.15) is 46.5 Å². The minimum atomic E-state index is -0.627. The number of hydrogen-bond acceptors (Lipinski definition) is 3. The fourth-order valence-corrected chi connectivity index (χ4v) is 1.03. The summed E-state index contributed by atoms with van der Waals surface area (Å²) in [4.78, 5) is 11.2. The molecule has 0 aliphatic rings. The molecule has 0 aromatic heterocycles. The molecule has 0 heterocycles. The van der Waals surface area contributed by atoms with Gasteiger partial charge in [0.15, 0.2) is 0 Å². The molecule has 84 valence electrons. The van der Waals surface area contributed by atoms with Gasteiger partial charge in [-0.3, -0.25) is 4.79 Å². The van der Waals surface area contributed by atoms with Gasteiger partial charge in [0.2, 0.25) is 0 Å². The number of hydrogen-bond donors (Lipinski definition) is 1. The SMILES string of the molecule is CCCCCCOC(=O)[C@H](C)[C@@H](C)O. The van der Waals surface area contributed by atoms with Crippen molar-refractivity contribution in [2.45, 2.75) is 52.6 Å². The number of rotatable bonds is 7. The van der Waals surface area contributed by atoms with Crippen LogP contribution in [0.4, 0.5) is 0 Å². The van der Waals surface area contributed by atoms with E-state index in [0.29, 0.717) is 6.61 Å². The average molecular weight is 202 g/mol. The molecule has 0 radical (unpaired) electrons. The van der Waals surface area contributed by atoms with Crippen LogP contribution in [0.15, 0.2) is 0 Å². The zero-order valence-corrected chi connectivity index (χ0v) is 9.45. The summed E-state index contributed by atoms with van der Waals surface area (Å²) >= 11 is 0. The van der Waals surface area contributed by atoms with Gasteiger partial charge in [0.05, 0.1) is 18.6 Å². The fraction of sp³-hybridized carbons (Fsp3) is 0.909. The topological polar surface area (TPSA) is 46.5 Å². The number of aliphatic hydroxyl groups excluding tert-OH is 1. The summed E-state index contributed by atoms with van der Waals surface area (Å²) < 4.78 is 5.01. The molecule has 0 aromatic rings. The first kappa shape index (κ1) is 13.4. The van der Waals surface area contributed by atoms with Gasteiger partial charge in [-0.05, 0) is 20.3 Å². The molecule has 0 unspecified atom stereocenters. The quantitative estimate of drug-likeness (QED) is 0.508. The summed E-state index contributed by atoms with van der Waals surface area (Å²) in [5.41, 5.74) is 0. The monoisotopic (exact) mass is 202 g/mol. The molecule has 3 heteroatoms.